The molecule has 0 fully saturated rings. The molecule has 0 unspecified atom stereocenters. The molecular formula is C23H23F3N6O2. The largest absolute Gasteiger partial charge is 0.417 e. The summed E-state index contributed by atoms with van der Waals surface area (Å²) in [4.78, 5) is 21.5. The van der Waals surface area contributed by atoms with E-state index in [9.17, 15) is 18.0 Å². The van der Waals surface area contributed by atoms with E-state index in [2.05, 4.69) is 20.4 Å². The Bertz CT molecular complexity index is 1290. The van der Waals surface area contributed by atoms with Gasteiger partial charge >= 0.3 is 6.18 Å². The lowest BCUT2D eigenvalue weighted by Crippen LogP contribution is -2.17. The maximum absolute atomic E-state index is 13.1. The van der Waals surface area contributed by atoms with Gasteiger partial charge in [-0.05, 0) is 44.5 Å². The number of ether oxygens (including phenoxy) is 1. The minimum atomic E-state index is -4.48. The molecule has 3 aromatic heterocycles. The molecule has 0 spiro atoms. The van der Waals surface area contributed by atoms with Crippen molar-refractivity contribution in [3.8, 4) is 5.82 Å². The summed E-state index contributed by atoms with van der Waals surface area (Å²) in [5.74, 6) is 0.132. The van der Waals surface area contributed by atoms with Gasteiger partial charge < -0.3 is 9.30 Å². The average Bonchev–Trinajstić information content (AvgIpc) is 3.36. The quantitative estimate of drug-likeness (QED) is 0.378. The van der Waals surface area contributed by atoms with Crippen molar-refractivity contribution in [2.75, 3.05) is 18.5 Å². The number of carbonyl (C=O) groups is 1. The van der Waals surface area contributed by atoms with Gasteiger partial charge in [0.05, 0.1) is 34.1 Å². The van der Waals surface area contributed by atoms with Crippen LogP contribution in [0.15, 0.2) is 48.8 Å². The van der Waals surface area contributed by atoms with Crippen LogP contribution in [-0.2, 0) is 17.5 Å². The Balaban J connectivity index is 1.57. The second-order valence-electron chi connectivity index (χ2n) is 7.54. The van der Waals surface area contributed by atoms with Crippen LogP contribution in [0.5, 0.6) is 0 Å². The third kappa shape index (κ3) is 4.79. The highest BCUT2D eigenvalue weighted by molar-refractivity contribution is 6.04. The summed E-state index contributed by atoms with van der Waals surface area (Å²) in [6.07, 6.45) is -1.65. The van der Waals surface area contributed by atoms with Crippen LogP contribution < -0.4 is 5.32 Å². The van der Waals surface area contributed by atoms with Crippen molar-refractivity contribution in [1.82, 2.24) is 24.3 Å². The molecule has 8 nitrogen and oxygen atoms in total. The number of hydrogen-bond donors (Lipinski definition) is 1. The van der Waals surface area contributed by atoms with E-state index in [-0.39, 0.29) is 11.4 Å². The Labute approximate surface area is 193 Å². The lowest BCUT2D eigenvalue weighted by molar-refractivity contribution is -0.137. The molecule has 0 aliphatic carbocycles. The van der Waals surface area contributed by atoms with Gasteiger partial charge in [0.1, 0.15) is 0 Å². The molecule has 178 valence electrons. The fraction of sp³-hybridized carbons (Fsp3) is 0.304. The maximum atomic E-state index is 13.1. The first-order valence-electron chi connectivity index (χ1n) is 10.7. The number of aryl methyl sites for hydroxylation is 1. The number of para-hydroxylation sites is 2. The number of rotatable bonds is 8. The minimum absolute atomic E-state index is 0.174. The number of nitrogens with one attached hydrogen (secondary N) is 1. The first-order chi connectivity index (χ1) is 16.3. The maximum Gasteiger partial charge on any atom is 0.417 e. The van der Waals surface area contributed by atoms with Crippen molar-refractivity contribution in [3.63, 3.8) is 0 Å². The van der Waals surface area contributed by atoms with Crippen LogP contribution in [-0.4, -0.2) is 43.4 Å². The third-order valence-electron chi connectivity index (χ3n) is 5.30. The number of halogens is 3. The molecule has 0 saturated carbocycles. The molecule has 0 aliphatic heterocycles. The minimum Gasteiger partial charge on any atom is -0.382 e. The topological polar surface area (TPSA) is 86.9 Å². The second kappa shape index (κ2) is 9.64. The summed E-state index contributed by atoms with van der Waals surface area (Å²) in [5, 5.41) is 6.99. The van der Waals surface area contributed by atoms with Gasteiger partial charge in [-0.15, -0.1) is 0 Å². The van der Waals surface area contributed by atoms with Gasteiger partial charge in [-0.2, -0.15) is 18.3 Å². The molecule has 0 aliphatic rings. The molecule has 0 radical (unpaired) electrons. The molecule has 34 heavy (non-hydrogen) atoms. The van der Waals surface area contributed by atoms with Gasteiger partial charge in [-0.25, -0.2) is 14.6 Å². The number of carbonyl (C=O) groups excluding carboxylic acids is 1. The van der Waals surface area contributed by atoms with Crippen LogP contribution in [0.2, 0.25) is 0 Å². The van der Waals surface area contributed by atoms with E-state index in [1.165, 1.54) is 16.9 Å². The van der Waals surface area contributed by atoms with Crippen molar-refractivity contribution < 1.29 is 22.7 Å². The van der Waals surface area contributed by atoms with E-state index >= 15 is 0 Å². The summed E-state index contributed by atoms with van der Waals surface area (Å²) in [6.45, 7) is 5.39. The van der Waals surface area contributed by atoms with Crippen LogP contribution in [0.25, 0.3) is 16.9 Å². The highest BCUT2D eigenvalue weighted by Crippen LogP contribution is 2.29. The van der Waals surface area contributed by atoms with Crippen molar-refractivity contribution in [1.29, 1.82) is 0 Å². The van der Waals surface area contributed by atoms with Crippen LogP contribution in [0.3, 0.4) is 0 Å². The van der Waals surface area contributed by atoms with Crippen molar-refractivity contribution in [3.05, 3.63) is 65.6 Å². The van der Waals surface area contributed by atoms with Gasteiger partial charge in [0.25, 0.3) is 5.91 Å². The van der Waals surface area contributed by atoms with Crippen LogP contribution in [0, 0.1) is 6.92 Å². The molecule has 11 heteroatoms. The van der Waals surface area contributed by atoms with E-state index in [1.807, 2.05) is 35.8 Å². The van der Waals surface area contributed by atoms with E-state index in [0.29, 0.717) is 31.4 Å². The molecule has 0 saturated heterocycles. The number of alkyl halides is 3. The predicted octanol–water partition coefficient (Wildman–Crippen LogP) is 4.62. The van der Waals surface area contributed by atoms with Gasteiger partial charge in [-0.3, -0.25) is 10.1 Å². The van der Waals surface area contributed by atoms with Crippen molar-refractivity contribution >= 4 is 22.9 Å². The summed E-state index contributed by atoms with van der Waals surface area (Å²) in [6, 6.07) is 9.70. The van der Waals surface area contributed by atoms with Crippen LogP contribution >= 0.6 is 0 Å². The molecule has 0 bridgehead atoms. The number of amides is 1. The Morgan fingerprint density at radius 1 is 1.15 bits per heavy atom. The lowest BCUT2D eigenvalue weighted by atomic mass is 10.2. The fourth-order valence-electron chi connectivity index (χ4n) is 3.58. The normalized spacial score (nSPS) is 11.8. The molecule has 1 aromatic carbocycles. The molecule has 1 amide bonds. The highest BCUT2D eigenvalue weighted by Gasteiger charge is 2.31. The molecule has 1 N–H and O–H groups in total. The number of benzene rings is 1. The number of pyridine rings is 1. The van der Waals surface area contributed by atoms with E-state index in [0.717, 1.165) is 29.7 Å². The van der Waals surface area contributed by atoms with Gasteiger partial charge in [0.2, 0.25) is 5.95 Å². The number of fused-ring (bicyclic) bond motifs is 1. The molecule has 4 aromatic rings. The zero-order valence-electron chi connectivity index (χ0n) is 18.6. The molecule has 0 atom stereocenters. The summed E-state index contributed by atoms with van der Waals surface area (Å²) in [5.41, 5.74) is 1.46. The van der Waals surface area contributed by atoms with Crippen molar-refractivity contribution in [2.24, 2.45) is 0 Å². The Morgan fingerprint density at radius 3 is 2.65 bits per heavy atom. The van der Waals surface area contributed by atoms with Crippen LogP contribution in [0.1, 0.15) is 35.0 Å². The van der Waals surface area contributed by atoms with Gasteiger partial charge in [-0.1, -0.05) is 12.1 Å². The Morgan fingerprint density at radius 2 is 1.94 bits per heavy atom. The summed E-state index contributed by atoms with van der Waals surface area (Å²) < 4.78 is 47.1. The molecule has 4 rings (SSSR count). The Hall–Kier alpha value is -3.73. The average molecular weight is 472 g/mol. The van der Waals surface area contributed by atoms with Gasteiger partial charge in [0, 0.05) is 26.0 Å². The standard InChI is InChI=1S/C23H23F3N6O2/c1-3-34-12-6-11-31-19-8-5-4-7-18(19)29-22(31)30-21(33)17-14-28-32(15(17)2)20-10-9-16(13-27-20)23(24,25)26/h4-5,7-10,13-14H,3,6,11-12H2,1-2H3,(H,29,30,33). The first kappa shape index (κ1) is 23.4. The smallest absolute Gasteiger partial charge is 0.382 e. The Kier molecular flexibility index (Phi) is 6.64. The van der Waals surface area contributed by atoms with E-state index in [4.69, 9.17) is 4.74 Å². The van der Waals surface area contributed by atoms with E-state index < -0.39 is 17.6 Å². The summed E-state index contributed by atoms with van der Waals surface area (Å²) in [7, 11) is 0. The number of imidazole rings is 1. The second-order valence-corrected chi connectivity index (χ2v) is 7.54. The van der Waals surface area contributed by atoms with E-state index in [1.54, 1.807) is 6.92 Å². The van der Waals surface area contributed by atoms with Crippen LogP contribution in [0.4, 0.5) is 19.1 Å². The first-order valence-corrected chi connectivity index (χ1v) is 10.7. The number of nitrogens with zero attached hydrogens (tertiary/aromatic N) is 5. The zero-order chi connectivity index (χ0) is 24.3. The molecule has 3 heterocycles. The molecular weight excluding hydrogens is 449 g/mol. The lowest BCUT2D eigenvalue weighted by Gasteiger charge is -2.10. The highest BCUT2D eigenvalue weighted by atomic mass is 19.4. The summed E-state index contributed by atoms with van der Waals surface area (Å²) >= 11 is 0. The predicted molar refractivity (Wildman–Crippen MR) is 120 cm³/mol. The van der Waals surface area contributed by atoms with Crippen molar-refractivity contribution in [2.45, 2.75) is 33.0 Å². The number of hydrogen-bond acceptors (Lipinski definition) is 5. The SMILES string of the molecule is CCOCCCn1c(NC(=O)c2cnn(-c3ccc(C(F)(F)F)cn3)c2C)nc2ccccc21. The monoisotopic (exact) mass is 472 g/mol. The zero-order valence-corrected chi connectivity index (χ0v) is 18.6. The van der Waals surface area contributed by atoms with Gasteiger partial charge in [0.15, 0.2) is 5.82 Å². The number of aromatic nitrogens is 5. The fourth-order valence-corrected chi connectivity index (χ4v) is 3.58. The third-order valence-corrected chi connectivity index (χ3v) is 5.30. The number of anilines is 1.